The molecule has 2 aromatic carbocycles. The van der Waals surface area contributed by atoms with E-state index in [0.29, 0.717) is 19.5 Å². The number of nitro groups is 1. The van der Waals surface area contributed by atoms with E-state index >= 15 is 0 Å². The molecule has 1 amide bonds. The smallest absolute Gasteiger partial charge is 0.269 e. The van der Waals surface area contributed by atoms with Gasteiger partial charge < -0.3 is 10.6 Å². The summed E-state index contributed by atoms with van der Waals surface area (Å²) in [5.41, 5.74) is 1.99. The van der Waals surface area contributed by atoms with Gasteiger partial charge in [0.15, 0.2) is 0 Å². The van der Waals surface area contributed by atoms with E-state index in [2.05, 4.69) is 10.6 Å². The molecule has 0 aliphatic rings. The first-order chi connectivity index (χ1) is 11.1. The Balaban J connectivity index is 1.63. The van der Waals surface area contributed by atoms with Gasteiger partial charge >= 0.3 is 0 Å². The maximum Gasteiger partial charge on any atom is 0.269 e. The molecule has 0 aromatic heterocycles. The van der Waals surface area contributed by atoms with Gasteiger partial charge in [0.05, 0.1) is 4.92 Å². The van der Waals surface area contributed by atoms with Gasteiger partial charge in [0.1, 0.15) is 0 Å². The third kappa shape index (κ3) is 5.78. The van der Waals surface area contributed by atoms with Crippen LogP contribution in [-0.4, -0.2) is 23.9 Å². The normalized spacial score (nSPS) is 10.1. The van der Waals surface area contributed by atoms with Crippen LogP contribution >= 0.6 is 0 Å². The first-order valence-electron chi connectivity index (χ1n) is 7.44. The van der Waals surface area contributed by atoms with Gasteiger partial charge in [0.25, 0.3) is 5.69 Å². The summed E-state index contributed by atoms with van der Waals surface area (Å²) < 4.78 is 0. The first-order valence-corrected chi connectivity index (χ1v) is 7.44. The summed E-state index contributed by atoms with van der Waals surface area (Å²) in [6, 6.07) is 16.1. The van der Waals surface area contributed by atoms with E-state index in [4.69, 9.17) is 0 Å². The fourth-order valence-electron chi connectivity index (χ4n) is 2.10. The molecule has 2 aromatic rings. The number of carbonyl (C=O) groups excluding carboxylic acids is 1. The van der Waals surface area contributed by atoms with Crippen molar-refractivity contribution >= 4 is 17.3 Å². The average molecular weight is 313 g/mol. The van der Waals surface area contributed by atoms with Crippen LogP contribution in [0, 0.1) is 10.1 Å². The van der Waals surface area contributed by atoms with E-state index in [1.165, 1.54) is 12.1 Å². The Bertz CT molecular complexity index is 642. The van der Waals surface area contributed by atoms with Crippen molar-refractivity contribution in [2.24, 2.45) is 0 Å². The van der Waals surface area contributed by atoms with E-state index in [9.17, 15) is 14.9 Å². The quantitative estimate of drug-likeness (QED) is 0.446. The number of nitrogens with one attached hydrogen (secondary N) is 2. The second-order valence-electron chi connectivity index (χ2n) is 5.07. The Morgan fingerprint density at radius 1 is 1.00 bits per heavy atom. The highest BCUT2D eigenvalue weighted by Crippen LogP contribution is 2.14. The fraction of sp³-hybridized carbons (Fsp3) is 0.235. The molecule has 0 spiro atoms. The standard InChI is InChI=1S/C17H19N3O3/c21-17(11-6-14-4-2-1-3-5-14)19-13-12-18-15-7-9-16(10-8-15)20(22)23/h1-5,7-10,18H,6,11-13H2,(H,19,21). The molecule has 0 fully saturated rings. The van der Waals surface area contributed by atoms with Gasteiger partial charge in [-0.3, -0.25) is 14.9 Å². The molecule has 120 valence electrons. The number of carbonyl (C=O) groups is 1. The van der Waals surface area contributed by atoms with Crippen LogP contribution in [0.25, 0.3) is 0 Å². The Morgan fingerprint density at radius 3 is 2.35 bits per heavy atom. The first kappa shape index (κ1) is 16.5. The molecule has 0 heterocycles. The highest BCUT2D eigenvalue weighted by Gasteiger charge is 2.04. The van der Waals surface area contributed by atoms with Gasteiger partial charge in [0, 0.05) is 37.3 Å². The third-order valence-electron chi connectivity index (χ3n) is 3.34. The zero-order valence-corrected chi connectivity index (χ0v) is 12.7. The third-order valence-corrected chi connectivity index (χ3v) is 3.34. The lowest BCUT2D eigenvalue weighted by atomic mass is 10.1. The molecular formula is C17H19N3O3. The number of amides is 1. The van der Waals surface area contributed by atoms with E-state index in [1.54, 1.807) is 12.1 Å². The number of aryl methyl sites for hydroxylation is 1. The lowest BCUT2D eigenvalue weighted by Gasteiger charge is -2.08. The highest BCUT2D eigenvalue weighted by molar-refractivity contribution is 5.76. The molecule has 0 unspecified atom stereocenters. The zero-order chi connectivity index (χ0) is 16.5. The Kier molecular flexibility index (Phi) is 6.11. The average Bonchev–Trinajstić information content (AvgIpc) is 2.58. The van der Waals surface area contributed by atoms with Crippen molar-refractivity contribution in [3.05, 3.63) is 70.3 Å². The largest absolute Gasteiger partial charge is 0.383 e. The number of non-ortho nitro benzene ring substituents is 1. The topological polar surface area (TPSA) is 84.3 Å². The minimum Gasteiger partial charge on any atom is -0.383 e. The molecule has 2 rings (SSSR count). The summed E-state index contributed by atoms with van der Waals surface area (Å²) in [4.78, 5) is 21.8. The second kappa shape index (κ2) is 8.53. The minimum atomic E-state index is -0.434. The summed E-state index contributed by atoms with van der Waals surface area (Å²) >= 11 is 0. The second-order valence-corrected chi connectivity index (χ2v) is 5.07. The van der Waals surface area contributed by atoms with Crippen molar-refractivity contribution in [1.82, 2.24) is 5.32 Å². The van der Waals surface area contributed by atoms with Gasteiger partial charge in [-0.05, 0) is 24.1 Å². The lowest BCUT2D eigenvalue weighted by molar-refractivity contribution is -0.384. The number of rotatable bonds is 8. The molecule has 0 saturated heterocycles. The molecule has 0 aliphatic heterocycles. The van der Waals surface area contributed by atoms with Gasteiger partial charge in [-0.2, -0.15) is 0 Å². The fourth-order valence-corrected chi connectivity index (χ4v) is 2.10. The van der Waals surface area contributed by atoms with Gasteiger partial charge in [-0.1, -0.05) is 30.3 Å². The monoisotopic (exact) mass is 313 g/mol. The number of hydrogen-bond donors (Lipinski definition) is 2. The molecule has 2 N–H and O–H groups in total. The molecule has 0 aliphatic carbocycles. The molecule has 0 saturated carbocycles. The number of hydrogen-bond acceptors (Lipinski definition) is 4. The van der Waals surface area contributed by atoms with E-state index in [1.807, 2.05) is 30.3 Å². The van der Waals surface area contributed by atoms with E-state index in [0.717, 1.165) is 17.7 Å². The van der Waals surface area contributed by atoms with Crippen molar-refractivity contribution in [1.29, 1.82) is 0 Å². The van der Waals surface area contributed by atoms with Crippen LogP contribution in [0.3, 0.4) is 0 Å². The molecule has 0 bridgehead atoms. The van der Waals surface area contributed by atoms with Crippen LogP contribution in [0.15, 0.2) is 54.6 Å². The lowest BCUT2D eigenvalue weighted by Crippen LogP contribution is -2.28. The van der Waals surface area contributed by atoms with Crippen LogP contribution in [0.5, 0.6) is 0 Å². The van der Waals surface area contributed by atoms with Crippen LogP contribution in [0.1, 0.15) is 12.0 Å². The van der Waals surface area contributed by atoms with Gasteiger partial charge in [-0.15, -0.1) is 0 Å². The Morgan fingerprint density at radius 2 is 1.70 bits per heavy atom. The Hall–Kier alpha value is -2.89. The highest BCUT2D eigenvalue weighted by atomic mass is 16.6. The minimum absolute atomic E-state index is 0.0133. The molecule has 0 atom stereocenters. The molecule has 23 heavy (non-hydrogen) atoms. The predicted octanol–water partition coefficient (Wildman–Crippen LogP) is 2.76. The Labute approximate surface area is 134 Å². The summed E-state index contributed by atoms with van der Waals surface area (Å²) in [5, 5.41) is 16.5. The van der Waals surface area contributed by atoms with E-state index in [-0.39, 0.29) is 11.6 Å². The molecular weight excluding hydrogens is 294 g/mol. The number of anilines is 1. The van der Waals surface area contributed by atoms with Gasteiger partial charge in [-0.25, -0.2) is 0 Å². The molecule has 6 nitrogen and oxygen atoms in total. The van der Waals surface area contributed by atoms with Crippen molar-refractivity contribution in [3.63, 3.8) is 0 Å². The van der Waals surface area contributed by atoms with Crippen LogP contribution in [0.2, 0.25) is 0 Å². The van der Waals surface area contributed by atoms with Crippen LogP contribution in [0.4, 0.5) is 11.4 Å². The summed E-state index contributed by atoms with van der Waals surface area (Å²) in [7, 11) is 0. The van der Waals surface area contributed by atoms with Gasteiger partial charge in [0.2, 0.25) is 5.91 Å². The molecule has 0 radical (unpaired) electrons. The van der Waals surface area contributed by atoms with Crippen molar-refractivity contribution in [2.45, 2.75) is 12.8 Å². The van der Waals surface area contributed by atoms with Crippen LogP contribution < -0.4 is 10.6 Å². The van der Waals surface area contributed by atoms with Crippen LogP contribution in [-0.2, 0) is 11.2 Å². The number of nitrogens with zero attached hydrogens (tertiary/aromatic N) is 1. The SMILES string of the molecule is O=C(CCc1ccccc1)NCCNc1ccc([N+](=O)[O-])cc1. The van der Waals surface area contributed by atoms with E-state index < -0.39 is 4.92 Å². The predicted molar refractivity (Wildman–Crippen MR) is 89.4 cm³/mol. The zero-order valence-electron chi connectivity index (χ0n) is 12.7. The number of nitro benzene ring substituents is 1. The summed E-state index contributed by atoms with van der Waals surface area (Å²) in [6.45, 7) is 1.07. The maximum atomic E-state index is 11.7. The molecule has 6 heteroatoms. The summed E-state index contributed by atoms with van der Waals surface area (Å²) in [6.07, 6.45) is 1.18. The summed E-state index contributed by atoms with van der Waals surface area (Å²) in [5.74, 6) is 0.0133. The van der Waals surface area contributed by atoms with Crippen molar-refractivity contribution in [3.8, 4) is 0 Å². The maximum absolute atomic E-state index is 11.7. The number of benzene rings is 2. The van der Waals surface area contributed by atoms with Crippen molar-refractivity contribution < 1.29 is 9.72 Å². The van der Waals surface area contributed by atoms with Crippen molar-refractivity contribution in [2.75, 3.05) is 18.4 Å².